The molecule has 2 aliphatic rings. The fourth-order valence-electron chi connectivity index (χ4n) is 4.95. The van der Waals surface area contributed by atoms with Crippen LogP contribution in [-0.4, -0.2) is 56.7 Å². The van der Waals surface area contributed by atoms with E-state index in [-0.39, 0.29) is 17.5 Å². The van der Waals surface area contributed by atoms with Gasteiger partial charge in [-0.2, -0.15) is 5.10 Å². The topological polar surface area (TPSA) is 87.1 Å². The van der Waals surface area contributed by atoms with Crippen LogP contribution in [0.5, 0.6) is 0 Å². The molecule has 1 aliphatic carbocycles. The summed E-state index contributed by atoms with van der Waals surface area (Å²) in [5.74, 6) is 0.0380. The third-order valence-corrected chi connectivity index (χ3v) is 6.76. The number of amides is 1. The van der Waals surface area contributed by atoms with Crippen molar-refractivity contribution in [2.75, 3.05) is 31.1 Å². The van der Waals surface area contributed by atoms with Crippen LogP contribution in [0.3, 0.4) is 0 Å². The number of carbonyl (C=O) groups is 1. The molecule has 8 heteroatoms. The van der Waals surface area contributed by atoms with Gasteiger partial charge in [-0.1, -0.05) is 12.8 Å². The predicted molar refractivity (Wildman–Crippen MR) is 120 cm³/mol. The molecule has 8 nitrogen and oxygen atoms in total. The van der Waals surface area contributed by atoms with Crippen LogP contribution < -0.4 is 10.5 Å². The van der Waals surface area contributed by atoms with Gasteiger partial charge in [-0.3, -0.25) is 19.3 Å². The largest absolute Gasteiger partial charge is 0.368 e. The fraction of sp³-hybridized carbons (Fsp3) is 0.478. The summed E-state index contributed by atoms with van der Waals surface area (Å²) in [4.78, 5) is 34.6. The standard InChI is InChI=1S/C23H28N6O2/c1-15-21(16(2)26-25-15)23(31)28-11-9-27(10-12-28)18-7-8-19-20(13-18)24-14-29(22(19)30)17-5-3-4-6-17/h7-8,13-14,17H,3-6,9-12H2,1-2H3,(H,25,26). The third-order valence-electron chi connectivity index (χ3n) is 6.76. The van der Waals surface area contributed by atoms with Crippen LogP contribution in [0.15, 0.2) is 29.3 Å². The highest BCUT2D eigenvalue weighted by molar-refractivity contribution is 5.96. The Bertz CT molecular complexity index is 1160. The highest BCUT2D eigenvalue weighted by atomic mass is 16.2. The number of aromatic amines is 1. The van der Waals surface area contributed by atoms with Gasteiger partial charge in [0.15, 0.2) is 0 Å². The summed E-state index contributed by atoms with van der Waals surface area (Å²) in [6.07, 6.45) is 6.21. The minimum atomic E-state index is 0.0380. The number of nitrogens with one attached hydrogen (secondary N) is 1. The van der Waals surface area contributed by atoms with Crippen LogP contribution in [-0.2, 0) is 0 Å². The van der Waals surface area contributed by atoms with E-state index in [0.717, 1.165) is 48.5 Å². The summed E-state index contributed by atoms with van der Waals surface area (Å²) in [6.45, 7) is 6.52. The number of carbonyl (C=O) groups excluding carboxylic acids is 1. The van der Waals surface area contributed by atoms with Crippen molar-refractivity contribution in [3.8, 4) is 0 Å². The van der Waals surface area contributed by atoms with E-state index in [1.54, 1.807) is 6.33 Å². The summed E-state index contributed by atoms with van der Waals surface area (Å²) in [5, 5.41) is 7.72. The van der Waals surface area contributed by atoms with Gasteiger partial charge >= 0.3 is 0 Å². The number of fused-ring (bicyclic) bond motifs is 1. The third kappa shape index (κ3) is 3.49. The Morgan fingerprint density at radius 1 is 1.10 bits per heavy atom. The molecule has 2 fully saturated rings. The number of H-pyrrole nitrogens is 1. The minimum absolute atomic E-state index is 0.0380. The second kappa shape index (κ2) is 7.83. The first-order valence-electron chi connectivity index (χ1n) is 11.1. The number of piperazine rings is 1. The molecule has 0 atom stereocenters. The highest BCUT2D eigenvalue weighted by Crippen LogP contribution is 2.29. The Morgan fingerprint density at radius 3 is 2.52 bits per heavy atom. The van der Waals surface area contributed by atoms with E-state index in [9.17, 15) is 9.59 Å². The monoisotopic (exact) mass is 420 g/mol. The number of anilines is 1. The van der Waals surface area contributed by atoms with Crippen LogP contribution in [0.4, 0.5) is 5.69 Å². The van der Waals surface area contributed by atoms with Gasteiger partial charge in [0.05, 0.1) is 28.5 Å². The molecule has 0 bridgehead atoms. The van der Waals surface area contributed by atoms with Gasteiger partial charge in [0, 0.05) is 43.6 Å². The molecule has 2 aromatic heterocycles. The van der Waals surface area contributed by atoms with Crippen molar-refractivity contribution in [3.05, 3.63) is 51.8 Å². The molecular weight excluding hydrogens is 392 g/mol. The maximum absolute atomic E-state index is 12.9. The number of rotatable bonds is 3. The zero-order valence-electron chi connectivity index (χ0n) is 18.1. The van der Waals surface area contributed by atoms with Gasteiger partial charge in [0.25, 0.3) is 11.5 Å². The van der Waals surface area contributed by atoms with E-state index in [1.807, 2.05) is 41.5 Å². The first kappa shape index (κ1) is 19.8. The Hall–Kier alpha value is -3.16. The van der Waals surface area contributed by atoms with Crippen molar-refractivity contribution in [2.45, 2.75) is 45.6 Å². The lowest BCUT2D eigenvalue weighted by molar-refractivity contribution is 0.0745. The molecule has 1 amide bonds. The highest BCUT2D eigenvalue weighted by Gasteiger charge is 2.26. The Kier molecular flexibility index (Phi) is 5.00. The lowest BCUT2D eigenvalue weighted by Crippen LogP contribution is -2.49. The molecule has 1 aromatic carbocycles. The predicted octanol–water partition coefficient (Wildman–Crippen LogP) is 2.81. The van der Waals surface area contributed by atoms with Gasteiger partial charge < -0.3 is 9.80 Å². The average Bonchev–Trinajstić information content (AvgIpc) is 3.43. The van der Waals surface area contributed by atoms with Gasteiger partial charge in [0.1, 0.15) is 0 Å². The molecule has 0 spiro atoms. The molecular formula is C23H28N6O2. The zero-order chi connectivity index (χ0) is 21.5. The Labute approximate surface area is 180 Å². The van der Waals surface area contributed by atoms with E-state index in [2.05, 4.69) is 20.1 Å². The van der Waals surface area contributed by atoms with Crippen molar-refractivity contribution < 1.29 is 4.79 Å². The van der Waals surface area contributed by atoms with Crippen molar-refractivity contribution in [2.24, 2.45) is 0 Å². The van der Waals surface area contributed by atoms with E-state index in [1.165, 1.54) is 12.8 Å². The molecule has 0 radical (unpaired) electrons. The van der Waals surface area contributed by atoms with E-state index < -0.39 is 0 Å². The summed E-state index contributed by atoms with van der Waals surface area (Å²) >= 11 is 0. The van der Waals surface area contributed by atoms with Crippen molar-refractivity contribution in [1.29, 1.82) is 0 Å². The second-order valence-electron chi connectivity index (χ2n) is 8.68. The first-order chi connectivity index (χ1) is 15.0. The molecule has 5 rings (SSSR count). The van der Waals surface area contributed by atoms with Gasteiger partial charge in [-0.25, -0.2) is 4.98 Å². The van der Waals surface area contributed by atoms with Crippen LogP contribution >= 0.6 is 0 Å². The quantitative estimate of drug-likeness (QED) is 0.704. The summed E-state index contributed by atoms with van der Waals surface area (Å²) in [5.41, 5.74) is 4.08. The molecule has 162 valence electrons. The number of aromatic nitrogens is 4. The van der Waals surface area contributed by atoms with Gasteiger partial charge in [-0.15, -0.1) is 0 Å². The van der Waals surface area contributed by atoms with Crippen molar-refractivity contribution >= 4 is 22.5 Å². The Morgan fingerprint density at radius 2 is 1.84 bits per heavy atom. The first-order valence-corrected chi connectivity index (χ1v) is 11.1. The van der Waals surface area contributed by atoms with Crippen LogP contribution in [0.1, 0.15) is 53.5 Å². The molecule has 1 N–H and O–H groups in total. The lowest BCUT2D eigenvalue weighted by atomic mass is 10.1. The molecule has 31 heavy (non-hydrogen) atoms. The summed E-state index contributed by atoms with van der Waals surface area (Å²) in [7, 11) is 0. The molecule has 1 saturated heterocycles. The number of aryl methyl sites for hydroxylation is 2. The lowest BCUT2D eigenvalue weighted by Gasteiger charge is -2.36. The molecule has 1 saturated carbocycles. The SMILES string of the molecule is Cc1n[nH]c(C)c1C(=O)N1CCN(c2ccc3c(=O)n(C4CCCC4)cnc3c2)CC1. The average molecular weight is 421 g/mol. The zero-order valence-corrected chi connectivity index (χ0v) is 18.1. The van der Waals surface area contributed by atoms with Crippen LogP contribution in [0.2, 0.25) is 0 Å². The number of hydrogen-bond donors (Lipinski definition) is 1. The maximum atomic E-state index is 12.9. The second-order valence-corrected chi connectivity index (χ2v) is 8.68. The fourth-order valence-corrected chi connectivity index (χ4v) is 4.95. The van der Waals surface area contributed by atoms with E-state index in [4.69, 9.17) is 0 Å². The Balaban J connectivity index is 1.32. The van der Waals surface area contributed by atoms with Gasteiger partial charge in [-0.05, 0) is 44.9 Å². The normalized spacial score (nSPS) is 17.6. The van der Waals surface area contributed by atoms with Crippen LogP contribution in [0.25, 0.3) is 10.9 Å². The number of hydrogen-bond acceptors (Lipinski definition) is 5. The summed E-state index contributed by atoms with van der Waals surface area (Å²) < 4.78 is 1.82. The smallest absolute Gasteiger partial charge is 0.261 e. The minimum Gasteiger partial charge on any atom is -0.368 e. The number of benzene rings is 1. The molecule has 0 unspecified atom stereocenters. The van der Waals surface area contributed by atoms with Crippen molar-refractivity contribution in [1.82, 2.24) is 24.6 Å². The molecule has 3 aromatic rings. The van der Waals surface area contributed by atoms with E-state index in [0.29, 0.717) is 24.0 Å². The number of nitrogens with zero attached hydrogens (tertiary/aromatic N) is 5. The molecule has 3 heterocycles. The molecule has 1 aliphatic heterocycles. The van der Waals surface area contributed by atoms with Crippen LogP contribution in [0, 0.1) is 13.8 Å². The summed E-state index contributed by atoms with van der Waals surface area (Å²) in [6, 6.07) is 6.20. The van der Waals surface area contributed by atoms with E-state index >= 15 is 0 Å². The van der Waals surface area contributed by atoms with Gasteiger partial charge in [0.2, 0.25) is 0 Å². The van der Waals surface area contributed by atoms with Crippen molar-refractivity contribution in [3.63, 3.8) is 0 Å². The maximum Gasteiger partial charge on any atom is 0.261 e.